The number of rotatable bonds is 2. The molecular weight excluding hydrogens is 419 g/mol. The Morgan fingerprint density at radius 3 is 2.58 bits per heavy atom. The van der Waals surface area contributed by atoms with Gasteiger partial charge in [0.25, 0.3) is 5.91 Å². The van der Waals surface area contributed by atoms with Gasteiger partial charge < -0.3 is 16.8 Å². The molecule has 6 nitrogen and oxygen atoms in total. The Hall–Kier alpha value is -3.84. The van der Waals surface area contributed by atoms with Crippen LogP contribution in [0.1, 0.15) is 27.5 Å². The summed E-state index contributed by atoms with van der Waals surface area (Å²) >= 11 is 6.34. The lowest BCUT2D eigenvalue weighted by Gasteiger charge is -2.18. The number of nitrogens with two attached hydrogens (primary N) is 2. The summed E-state index contributed by atoms with van der Waals surface area (Å²) in [6.07, 6.45) is 0. The van der Waals surface area contributed by atoms with Gasteiger partial charge in [0.1, 0.15) is 5.82 Å². The minimum atomic E-state index is -0.722. The van der Waals surface area contributed by atoms with Crippen molar-refractivity contribution in [1.29, 1.82) is 0 Å². The minimum Gasteiger partial charge on any atom is -0.399 e. The molecule has 0 saturated carbocycles. The summed E-state index contributed by atoms with van der Waals surface area (Å²) in [5, 5.41) is 3.95. The zero-order valence-corrected chi connectivity index (χ0v) is 16.8. The van der Waals surface area contributed by atoms with Crippen molar-refractivity contribution in [3.05, 3.63) is 88.2 Å². The minimum absolute atomic E-state index is 0.303. The first-order valence-electron chi connectivity index (χ1n) is 9.45. The maximum absolute atomic E-state index is 14.0. The third-order valence-corrected chi connectivity index (χ3v) is 5.83. The number of nitrogens with zero attached hydrogens (tertiary/aromatic N) is 1. The first kappa shape index (κ1) is 19.1. The Labute approximate surface area is 181 Å². The number of hydrogen-bond donors (Lipinski definition) is 3. The second-order valence-electron chi connectivity index (χ2n) is 7.36. The lowest BCUT2D eigenvalue weighted by molar-refractivity contribution is 0.0960. The molecule has 1 aliphatic heterocycles. The SMILES string of the molecule is NC(=O)n1c(-c2cc(N)cc3c2C(c2cc(F)ccc2Cl)NC3=O)cc2ccccc21. The highest BCUT2D eigenvalue weighted by Crippen LogP contribution is 2.43. The van der Waals surface area contributed by atoms with E-state index in [0.29, 0.717) is 44.2 Å². The van der Waals surface area contributed by atoms with Crippen LogP contribution in [0.5, 0.6) is 0 Å². The second kappa shape index (κ2) is 6.85. The van der Waals surface area contributed by atoms with Crippen LogP contribution in [0.2, 0.25) is 5.02 Å². The number of benzene rings is 3. The van der Waals surface area contributed by atoms with Gasteiger partial charge in [-0.3, -0.25) is 9.36 Å². The molecule has 0 bridgehead atoms. The average Bonchev–Trinajstić information content (AvgIpc) is 3.28. The number of anilines is 1. The van der Waals surface area contributed by atoms with Crippen molar-refractivity contribution in [3.8, 4) is 11.3 Å². The summed E-state index contributed by atoms with van der Waals surface area (Å²) in [5.41, 5.74) is 15.1. The Balaban J connectivity index is 1.84. The molecule has 0 fully saturated rings. The molecule has 31 heavy (non-hydrogen) atoms. The number of aromatic nitrogens is 1. The molecule has 4 aromatic rings. The molecule has 2 heterocycles. The van der Waals surface area contributed by atoms with Crippen LogP contribution < -0.4 is 16.8 Å². The maximum atomic E-state index is 14.0. The topological polar surface area (TPSA) is 103 Å². The van der Waals surface area contributed by atoms with Gasteiger partial charge in [-0.05, 0) is 42.5 Å². The van der Waals surface area contributed by atoms with E-state index in [-0.39, 0.29) is 5.91 Å². The Morgan fingerprint density at radius 2 is 1.81 bits per heavy atom. The summed E-state index contributed by atoms with van der Waals surface area (Å²) in [4.78, 5) is 25.1. The monoisotopic (exact) mass is 434 g/mol. The maximum Gasteiger partial charge on any atom is 0.323 e. The van der Waals surface area contributed by atoms with Crippen molar-refractivity contribution in [1.82, 2.24) is 9.88 Å². The molecule has 0 radical (unpaired) electrons. The van der Waals surface area contributed by atoms with Gasteiger partial charge in [-0.1, -0.05) is 29.8 Å². The van der Waals surface area contributed by atoms with Gasteiger partial charge in [-0.25, -0.2) is 9.18 Å². The number of halogens is 2. The fourth-order valence-electron chi connectivity index (χ4n) is 4.23. The summed E-state index contributed by atoms with van der Waals surface area (Å²) in [6, 6.07) is 14.9. The van der Waals surface area contributed by atoms with Crippen LogP contribution >= 0.6 is 11.6 Å². The molecule has 154 valence electrons. The number of primary amides is 1. The second-order valence-corrected chi connectivity index (χ2v) is 7.77. The van der Waals surface area contributed by atoms with Gasteiger partial charge >= 0.3 is 6.03 Å². The van der Waals surface area contributed by atoms with Crippen molar-refractivity contribution in [2.45, 2.75) is 6.04 Å². The van der Waals surface area contributed by atoms with Crippen molar-refractivity contribution in [2.75, 3.05) is 5.73 Å². The standard InChI is InChI=1S/C23H16ClFN4O2/c24-17-6-5-12(25)8-14(17)21-20-15(9-13(26)10-16(20)22(30)28-21)19-7-11-3-1-2-4-18(11)29(19)23(27)31/h1-10,21H,26H2,(H2,27,31)(H,28,30). The number of para-hydroxylation sites is 1. The number of hydrogen-bond acceptors (Lipinski definition) is 3. The average molecular weight is 435 g/mol. The van der Waals surface area contributed by atoms with Gasteiger partial charge in [0.15, 0.2) is 0 Å². The molecule has 2 amide bonds. The zero-order valence-electron chi connectivity index (χ0n) is 16.0. The zero-order chi connectivity index (χ0) is 21.9. The molecule has 1 unspecified atom stereocenters. The number of nitrogens with one attached hydrogen (secondary N) is 1. The number of carbonyl (C=O) groups is 2. The van der Waals surface area contributed by atoms with E-state index in [4.69, 9.17) is 23.1 Å². The van der Waals surface area contributed by atoms with Crippen LogP contribution in [0, 0.1) is 5.82 Å². The van der Waals surface area contributed by atoms with E-state index in [1.807, 2.05) is 18.2 Å². The van der Waals surface area contributed by atoms with Crippen LogP contribution in [-0.4, -0.2) is 16.5 Å². The first-order valence-corrected chi connectivity index (χ1v) is 9.83. The molecule has 5 rings (SSSR count). The van der Waals surface area contributed by atoms with Crippen molar-refractivity contribution in [3.63, 3.8) is 0 Å². The van der Waals surface area contributed by atoms with E-state index in [1.54, 1.807) is 24.3 Å². The van der Waals surface area contributed by atoms with E-state index in [9.17, 15) is 14.0 Å². The van der Waals surface area contributed by atoms with E-state index >= 15 is 0 Å². The fourth-order valence-corrected chi connectivity index (χ4v) is 4.45. The van der Waals surface area contributed by atoms with E-state index in [2.05, 4.69) is 5.32 Å². The summed E-state index contributed by atoms with van der Waals surface area (Å²) < 4.78 is 15.4. The van der Waals surface area contributed by atoms with E-state index in [0.717, 1.165) is 5.39 Å². The number of carbonyl (C=O) groups excluding carboxylic acids is 2. The number of amides is 2. The fraction of sp³-hybridized carbons (Fsp3) is 0.0435. The van der Waals surface area contributed by atoms with Crippen LogP contribution in [0.15, 0.2) is 60.7 Å². The molecule has 3 aromatic carbocycles. The molecule has 1 aliphatic rings. The van der Waals surface area contributed by atoms with E-state index in [1.165, 1.54) is 22.8 Å². The highest BCUT2D eigenvalue weighted by molar-refractivity contribution is 6.31. The largest absolute Gasteiger partial charge is 0.399 e. The predicted molar refractivity (Wildman–Crippen MR) is 117 cm³/mol. The van der Waals surface area contributed by atoms with Crippen LogP contribution in [0.4, 0.5) is 14.9 Å². The lowest BCUT2D eigenvalue weighted by Crippen LogP contribution is -2.21. The van der Waals surface area contributed by atoms with Crippen LogP contribution in [-0.2, 0) is 0 Å². The summed E-state index contributed by atoms with van der Waals surface area (Å²) in [7, 11) is 0. The smallest absolute Gasteiger partial charge is 0.323 e. The van der Waals surface area contributed by atoms with Crippen LogP contribution in [0.25, 0.3) is 22.2 Å². The third kappa shape index (κ3) is 2.93. The van der Waals surface area contributed by atoms with Gasteiger partial charge in [0, 0.05) is 38.4 Å². The van der Waals surface area contributed by atoms with Crippen LogP contribution in [0.3, 0.4) is 0 Å². The molecule has 8 heteroatoms. The van der Waals surface area contributed by atoms with Gasteiger partial charge in [-0.15, -0.1) is 0 Å². The molecule has 5 N–H and O–H groups in total. The molecule has 1 aromatic heterocycles. The first-order chi connectivity index (χ1) is 14.8. The lowest BCUT2D eigenvalue weighted by atomic mass is 9.91. The molecule has 0 spiro atoms. The van der Waals surface area contributed by atoms with E-state index < -0.39 is 17.9 Å². The highest BCUT2D eigenvalue weighted by Gasteiger charge is 2.35. The van der Waals surface area contributed by atoms with Crippen molar-refractivity contribution >= 4 is 40.1 Å². The van der Waals surface area contributed by atoms with Crippen molar-refractivity contribution in [2.24, 2.45) is 5.73 Å². The van der Waals surface area contributed by atoms with Gasteiger partial charge in [-0.2, -0.15) is 0 Å². The van der Waals surface area contributed by atoms with Gasteiger partial charge in [0.05, 0.1) is 17.3 Å². The third-order valence-electron chi connectivity index (χ3n) is 5.49. The number of nitrogen functional groups attached to an aromatic ring is 1. The number of fused-ring (bicyclic) bond motifs is 2. The normalized spacial score (nSPS) is 15.2. The molecule has 0 aliphatic carbocycles. The summed E-state index contributed by atoms with van der Waals surface area (Å²) in [5.74, 6) is -0.846. The molecule has 0 saturated heterocycles. The molecule has 1 atom stereocenters. The molecular formula is C23H16ClFN4O2. The van der Waals surface area contributed by atoms with Gasteiger partial charge in [0.2, 0.25) is 0 Å². The Morgan fingerprint density at radius 1 is 1.06 bits per heavy atom. The van der Waals surface area contributed by atoms with Crippen molar-refractivity contribution < 1.29 is 14.0 Å². The Bertz CT molecular complexity index is 1410. The Kier molecular flexibility index (Phi) is 4.23. The summed E-state index contributed by atoms with van der Waals surface area (Å²) in [6.45, 7) is 0. The quantitative estimate of drug-likeness (QED) is 0.406. The highest BCUT2D eigenvalue weighted by atomic mass is 35.5. The predicted octanol–water partition coefficient (Wildman–Crippen LogP) is 4.44.